The molecule has 0 aromatic heterocycles. The second kappa shape index (κ2) is 6.28. The molecule has 1 aliphatic carbocycles. The quantitative estimate of drug-likeness (QED) is 0.808. The minimum atomic E-state index is -1.04. The molecule has 1 fully saturated rings. The Morgan fingerprint density at radius 3 is 2.78 bits per heavy atom. The molecule has 0 bridgehead atoms. The van der Waals surface area contributed by atoms with Crippen molar-refractivity contribution in [3.05, 3.63) is 24.3 Å². The molecular formula is C16H18N2O5. The number of carboxylic acid groups (broad SMARTS) is 1. The van der Waals surface area contributed by atoms with E-state index in [1.165, 1.54) is 4.90 Å². The Labute approximate surface area is 133 Å². The number of hydrogen-bond acceptors (Lipinski definition) is 4. The number of nitrogens with zero attached hydrogens (tertiary/aromatic N) is 1. The maximum atomic E-state index is 12.2. The SMILES string of the molecule is O=C(CN1C(=O)COc2ccccc21)NC(CC1CC1)C(=O)O. The van der Waals surface area contributed by atoms with Crippen molar-refractivity contribution in [3.63, 3.8) is 0 Å². The minimum Gasteiger partial charge on any atom is -0.482 e. The number of aliphatic carboxylic acids is 1. The molecule has 1 unspecified atom stereocenters. The molecule has 1 aliphatic heterocycles. The normalized spacial score (nSPS) is 17.9. The molecule has 7 nitrogen and oxygen atoms in total. The van der Waals surface area contributed by atoms with Crippen LogP contribution >= 0.6 is 0 Å². The van der Waals surface area contributed by atoms with Crippen LogP contribution in [0.15, 0.2) is 24.3 Å². The van der Waals surface area contributed by atoms with E-state index in [0.29, 0.717) is 23.8 Å². The Bertz CT molecular complexity index is 641. The zero-order chi connectivity index (χ0) is 16.4. The molecule has 1 aromatic rings. The van der Waals surface area contributed by atoms with Gasteiger partial charge >= 0.3 is 5.97 Å². The van der Waals surface area contributed by atoms with Gasteiger partial charge < -0.3 is 15.2 Å². The van der Waals surface area contributed by atoms with Gasteiger partial charge in [-0.3, -0.25) is 14.5 Å². The molecule has 2 aliphatic rings. The molecule has 2 N–H and O–H groups in total. The summed E-state index contributed by atoms with van der Waals surface area (Å²) in [6.45, 7) is -0.345. The number of amides is 2. The van der Waals surface area contributed by atoms with Crippen molar-refractivity contribution in [3.8, 4) is 5.75 Å². The molecule has 122 valence electrons. The summed E-state index contributed by atoms with van der Waals surface area (Å²) in [4.78, 5) is 36.7. The van der Waals surface area contributed by atoms with Crippen LogP contribution in [0, 0.1) is 5.92 Å². The predicted octanol–water partition coefficient (Wildman–Crippen LogP) is 0.781. The van der Waals surface area contributed by atoms with E-state index in [9.17, 15) is 19.5 Å². The van der Waals surface area contributed by atoms with Crippen LogP contribution in [0.3, 0.4) is 0 Å². The van der Waals surface area contributed by atoms with E-state index >= 15 is 0 Å². The first-order valence-electron chi connectivity index (χ1n) is 7.59. The number of fused-ring (bicyclic) bond motifs is 1. The van der Waals surface area contributed by atoms with Crippen molar-refractivity contribution in [2.24, 2.45) is 5.92 Å². The Kier molecular flexibility index (Phi) is 4.18. The third-order valence-corrected chi connectivity index (χ3v) is 4.01. The summed E-state index contributed by atoms with van der Waals surface area (Å²) in [6.07, 6.45) is 2.46. The molecule has 0 spiro atoms. The van der Waals surface area contributed by atoms with Crippen LogP contribution in [0.5, 0.6) is 5.75 Å². The third-order valence-electron chi connectivity index (χ3n) is 4.01. The second-order valence-electron chi connectivity index (χ2n) is 5.87. The highest BCUT2D eigenvalue weighted by atomic mass is 16.5. The molecule has 3 rings (SSSR count). The number of nitrogens with one attached hydrogen (secondary N) is 1. The second-order valence-corrected chi connectivity index (χ2v) is 5.87. The predicted molar refractivity (Wildman–Crippen MR) is 81.2 cm³/mol. The zero-order valence-corrected chi connectivity index (χ0v) is 12.5. The monoisotopic (exact) mass is 318 g/mol. The Morgan fingerprint density at radius 1 is 1.35 bits per heavy atom. The fraction of sp³-hybridized carbons (Fsp3) is 0.438. The van der Waals surface area contributed by atoms with E-state index in [1.807, 2.05) is 0 Å². The maximum Gasteiger partial charge on any atom is 0.326 e. The van der Waals surface area contributed by atoms with Crippen molar-refractivity contribution >= 4 is 23.5 Å². The van der Waals surface area contributed by atoms with Gasteiger partial charge in [0.05, 0.1) is 5.69 Å². The lowest BCUT2D eigenvalue weighted by atomic mass is 10.1. The molecule has 23 heavy (non-hydrogen) atoms. The van der Waals surface area contributed by atoms with Gasteiger partial charge in [-0.25, -0.2) is 4.79 Å². The highest BCUT2D eigenvalue weighted by Crippen LogP contribution is 2.34. The van der Waals surface area contributed by atoms with Crippen LogP contribution in [0.25, 0.3) is 0 Å². The number of rotatable bonds is 6. The summed E-state index contributed by atoms with van der Waals surface area (Å²) >= 11 is 0. The molecule has 0 radical (unpaired) electrons. The standard InChI is InChI=1S/C16H18N2O5/c19-14(17-11(16(21)22)7-10-5-6-10)8-18-12-3-1-2-4-13(12)23-9-15(18)20/h1-4,10-11H,5-9H2,(H,17,19)(H,21,22). The topological polar surface area (TPSA) is 95.9 Å². The van der Waals surface area contributed by atoms with E-state index in [2.05, 4.69) is 5.32 Å². The first kappa shape index (κ1) is 15.3. The molecule has 1 saturated carbocycles. The van der Waals surface area contributed by atoms with E-state index < -0.39 is 17.9 Å². The lowest BCUT2D eigenvalue weighted by Crippen LogP contribution is -2.49. The molecule has 7 heteroatoms. The maximum absolute atomic E-state index is 12.2. The summed E-state index contributed by atoms with van der Waals surface area (Å²) in [5, 5.41) is 11.7. The number of hydrogen-bond donors (Lipinski definition) is 2. The first-order chi connectivity index (χ1) is 11.0. The van der Waals surface area contributed by atoms with Crippen LogP contribution in [-0.4, -0.2) is 42.1 Å². The molecule has 1 aromatic carbocycles. The van der Waals surface area contributed by atoms with Gasteiger partial charge in [-0.15, -0.1) is 0 Å². The third kappa shape index (κ3) is 3.61. The average molecular weight is 318 g/mol. The zero-order valence-electron chi connectivity index (χ0n) is 12.5. The van der Waals surface area contributed by atoms with E-state index in [0.717, 1.165) is 12.8 Å². The van der Waals surface area contributed by atoms with Gasteiger partial charge in [0.1, 0.15) is 18.3 Å². The Hall–Kier alpha value is -2.57. The van der Waals surface area contributed by atoms with Gasteiger partial charge in [-0.1, -0.05) is 25.0 Å². The van der Waals surface area contributed by atoms with Crippen LogP contribution in [0.2, 0.25) is 0 Å². The Balaban J connectivity index is 1.67. The summed E-state index contributed by atoms with van der Waals surface area (Å²) < 4.78 is 5.31. The van der Waals surface area contributed by atoms with Gasteiger partial charge in [0.15, 0.2) is 6.61 Å². The number of carbonyl (C=O) groups is 3. The highest BCUT2D eigenvalue weighted by molar-refractivity contribution is 6.02. The minimum absolute atomic E-state index is 0.130. The van der Waals surface area contributed by atoms with E-state index in [1.54, 1.807) is 24.3 Å². The largest absolute Gasteiger partial charge is 0.482 e. The summed E-state index contributed by atoms with van der Waals surface area (Å²) in [5.41, 5.74) is 0.521. The van der Waals surface area contributed by atoms with Crippen LogP contribution < -0.4 is 15.0 Å². The highest BCUT2D eigenvalue weighted by Gasteiger charge is 2.32. The van der Waals surface area contributed by atoms with Gasteiger partial charge in [0.25, 0.3) is 5.91 Å². The smallest absolute Gasteiger partial charge is 0.326 e. The number of para-hydroxylation sites is 2. The molecule has 1 atom stereocenters. The number of carbonyl (C=O) groups excluding carboxylic acids is 2. The fourth-order valence-corrected chi connectivity index (χ4v) is 2.62. The van der Waals surface area contributed by atoms with Crippen molar-refractivity contribution in [1.29, 1.82) is 0 Å². The lowest BCUT2D eigenvalue weighted by molar-refractivity contribution is -0.142. The lowest BCUT2D eigenvalue weighted by Gasteiger charge is -2.29. The van der Waals surface area contributed by atoms with Crippen molar-refractivity contribution in [2.75, 3.05) is 18.1 Å². The number of benzene rings is 1. The fourth-order valence-electron chi connectivity index (χ4n) is 2.62. The van der Waals surface area contributed by atoms with Gasteiger partial charge in [0.2, 0.25) is 5.91 Å². The van der Waals surface area contributed by atoms with Gasteiger partial charge in [0, 0.05) is 0 Å². The van der Waals surface area contributed by atoms with E-state index in [-0.39, 0.29) is 19.1 Å². The number of ether oxygens (including phenoxy) is 1. The summed E-state index contributed by atoms with van der Waals surface area (Å²) in [6, 6.07) is 6.04. The molecule has 1 heterocycles. The van der Waals surface area contributed by atoms with Crippen molar-refractivity contribution < 1.29 is 24.2 Å². The van der Waals surface area contributed by atoms with E-state index in [4.69, 9.17) is 4.74 Å². The van der Waals surface area contributed by atoms with Gasteiger partial charge in [-0.2, -0.15) is 0 Å². The molecule has 0 saturated heterocycles. The van der Waals surface area contributed by atoms with Crippen molar-refractivity contribution in [2.45, 2.75) is 25.3 Å². The molecular weight excluding hydrogens is 300 g/mol. The number of anilines is 1. The summed E-state index contributed by atoms with van der Waals surface area (Å²) in [5.74, 6) is -0.940. The van der Waals surface area contributed by atoms with Crippen LogP contribution in [0.4, 0.5) is 5.69 Å². The average Bonchev–Trinajstić information content (AvgIpc) is 3.33. The van der Waals surface area contributed by atoms with Crippen LogP contribution in [-0.2, 0) is 14.4 Å². The number of carboxylic acids is 1. The summed E-state index contributed by atoms with van der Waals surface area (Å²) in [7, 11) is 0. The van der Waals surface area contributed by atoms with Gasteiger partial charge in [-0.05, 0) is 24.5 Å². The van der Waals surface area contributed by atoms with Crippen molar-refractivity contribution in [1.82, 2.24) is 5.32 Å². The molecule has 2 amide bonds. The first-order valence-corrected chi connectivity index (χ1v) is 7.59. The van der Waals surface area contributed by atoms with Crippen LogP contribution in [0.1, 0.15) is 19.3 Å². The Morgan fingerprint density at radius 2 is 2.09 bits per heavy atom.